The van der Waals surface area contributed by atoms with Crippen molar-refractivity contribution in [1.82, 2.24) is 10.2 Å². The Balaban J connectivity index is 1.45. The Hall–Kier alpha value is -2.53. The number of nitrogens with one attached hydrogen (secondary N) is 1. The van der Waals surface area contributed by atoms with Gasteiger partial charge in [0.15, 0.2) is 6.61 Å². The van der Waals surface area contributed by atoms with Crippen molar-refractivity contribution in [1.29, 1.82) is 0 Å². The minimum absolute atomic E-state index is 0.0112. The predicted octanol–water partition coefficient (Wildman–Crippen LogP) is 3.76. The van der Waals surface area contributed by atoms with Gasteiger partial charge in [-0.25, -0.2) is 0 Å². The van der Waals surface area contributed by atoms with Crippen molar-refractivity contribution < 1.29 is 14.3 Å². The van der Waals surface area contributed by atoms with Crippen LogP contribution < -0.4 is 10.1 Å². The van der Waals surface area contributed by atoms with Crippen molar-refractivity contribution >= 4 is 23.4 Å². The lowest BCUT2D eigenvalue weighted by molar-refractivity contribution is -0.124. The Kier molecular flexibility index (Phi) is 6.57. The minimum atomic E-state index is -0.143. The summed E-state index contributed by atoms with van der Waals surface area (Å²) >= 11 is 6.12. The van der Waals surface area contributed by atoms with E-state index in [2.05, 4.69) is 5.32 Å². The molecule has 2 amide bonds. The first-order valence-corrected chi connectivity index (χ1v) is 9.85. The first-order chi connectivity index (χ1) is 13.4. The van der Waals surface area contributed by atoms with E-state index in [-0.39, 0.29) is 24.5 Å². The Morgan fingerprint density at radius 1 is 1.14 bits per heavy atom. The number of aryl methyl sites for hydroxylation is 2. The highest BCUT2D eigenvalue weighted by molar-refractivity contribution is 6.33. The van der Waals surface area contributed by atoms with Crippen molar-refractivity contribution in [3.63, 3.8) is 0 Å². The monoisotopic (exact) mass is 400 g/mol. The van der Waals surface area contributed by atoms with Crippen LogP contribution in [0.5, 0.6) is 5.75 Å². The quantitative estimate of drug-likeness (QED) is 0.831. The van der Waals surface area contributed by atoms with Crippen LogP contribution in [0, 0.1) is 13.8 Å². The second-order valence-corrected chi connectivity index (χ2v) is 7.58. The predicted molar refractivity (Wildman–Crippen MR) is 110 cm³/mol. The lowest BCUT2D eigenvalue weighted by atomic mass is 10.0. The van der Waals surface area contributed by atoms with Gasteiger partial charge in [0.05, 0.1) is 10.6 Å². The third-order valence-electron chi connectivity index (χ3n) is 4.94. The number of nitrogens with zero attached hydrogens (tertiary/aromatic N) is 1. The number of piperidine rings is 1. The number of amides is 2. The maximum absolute atomic E-state index is 12.6. The van der Waals surface area contributed by atoms with Crippen LogP contribution in [-0.2, 0) is 4.79 Å². The van der Waals surface area contributed by atoms with Gasteiger partial charge in [0.1, 0.15) is 5.75 Å². The molecule has 1 saturated heterocycles. The van der Waals surface area contributed by atoms with Gasteiger partial charge in [-0.1, -0.05) is 41.4 Å². The summed E-state index contributed by atoms with van der Waals surface area (Å²) < 4.78 is 5.63. The van der Waals surface area contributed by atoms with Crippen molar-refractivity contribution in [2.24, 2.45) is 0 Å². The van der Waals surface area contributed by atoms with Crippen LogP contribution in [-0.4, -0.2) is 42.5 Å². The maximum atomic E-state index is 12.6. The fraction of sp³-hybridized carbons (Fsp3) is 0.364. The van der Waals surface area contributed by atoms with Crippen LogP contribution in [0.2, 0.25) is 5.02 Å². The smallest absolute Gasteiger partial charge is 0.258 e. The minimum Gasteiger partial charge on any atom is -0.484 e. The zero-order valence-electron chi connectivity index (χ0n) is 16.2. The molecule has 0 radical (unpaired) electrons. The number of rotatable bonds is 5. The molecule has 0 atom stereocenters. The normalized spacial score (nSPS) is 14.6. The summed E-state index contributed by atoms with van der Waals surface area (Å²) in [5, 5.41) is 3.47. The summed E-state index contributed by atoms with van der Waals surface area (Å²) in [6.45, 7) is 5.15. The molecule has 1 heterocycles. The fourth-order valence-electron chi connectivity index (χ4n) is 3.41. The summed E-state index contributed by atoms with van der Waals surface area (Å²) in [6.07, 6.45) is 1.43. The molecule has 0 aromatic heterocycles. The van der Waals surface area contributed by atoms with Gasteiger partial charge >= 0.3 is 0 Å². The lowest BCUT2D eigenvalue weighted by Gasteiger charge is -2.32. The van der Waals surface area contributed by atoms with Gasteiger partial charge in [0.2, 0.25) is 0 Å². The van der Waals surface area contributed by atoms with E-state index in [1.165, 1.54) is 0 Å². The molecular formula is C22H25ClN2O3. The molecule has 6 heteroatoms. The van der Waals surface area contributed by atoms with Crippen LogP contribution in [0.4, 0.5) is 0 Å². The van der Waals surface area contributed by atoms with E-state index < -0.39 is 0 Å². The largest absolute Gasteiger partial charge is 0.484 e. The highest BCUT2D eigenvalue weighted by Gasteiger charge is 2.25. The molecule has 1 fully saturated rings. The fourth-order valence-corrected chi connectivity index (χ4v) is 3.62. The second kappa shape index (κ2) is 9.11. The van der Waals surface area contributed by atoms with E-state index in [0.717, 1.165) is 16.9 Å². The van der Waals surface area contributed by atoms with E-state index >= 15 is 0 Å². The average Bonchev–Trinajstić information content (AvgIpc) is 2.68. The Bertz CT molecular complexity index is 861. The molecule has 2 aromatic rings. The number of hydrogen-bond donors (Lipinski definition) is 1. The molecule has 5 nitrogen and oxygen atoms in total. The van der Waals surface area contributed by atoms with Crippen molar-refractivity contribution in [3.8, 4) is 5.75 Å². The van der Waals surface area contributed by atoms with Crippen molar-refractivity contribution in [3.05, 3.63) is 64.2 Å². The molecule has 0 aliphatic carbocycles. The van der Waals surface area contributed by atoms with Gasteiger partial charge in [-0.05, 0) is 50.5 Å². The van der Waals surface area contributed by atoms with Crippen LogP contribution >= 0.6 is 11.6 Å². The second-order valence-electron chi connectivity index (χ2n) is 7.17. The highest BCUT2D eigenvalue weighted by Crippen LogP contribution is 2.20. The molecule has 2 aromatic carbocycles. The van der Waals surface area contributed by atoms with Crippen LogP contribution in [0.3, 0.4) is 0 Å². The summed E-state index contributed by atoms with van der Waals surface area (Å²) in [7, 11) is 0. The SMILES string of the molecule is Cc1ccc(OCC(=O)NC2CCN(C(=O)c3ccccc3Cl)CC2)c(C)c1. The summed E-state index contributed by atoms with van der Waals surface area (Å²) in [5.41, 5.74) is 2.69. The molecule has 3 rings (SSSR count). The third-order valence-corrected chi connectivity index (χ3v) is 5.27. The number of carbonyl (C=O) groups excluding carboxylic acids is 2. The standard InChI is InChI=1S/C22H25ClN2O3/c1-15-7-8-20(16(2)13-15)28-14-21(26)24-17-9-11-25(12-10-17)22(27)18-5-3-4-6-19(18)23/h3-8,13,17H,9-12,14H2,1-2H3,(H,24,26). The van der Waals surface area contributed by atoms with E-state index in [4.69, 9.17) is 16.3 Å². The average molecular weight is 401 g/mol. The van der Waals surface area contributed by atoms with Gasteiger partial charge in [-0.2, -0.15) is 0 Å². The first kappa shape index (κ1) is 20.2. The van der Waals surface area contributed by atoms with Gasteiger partial charge in [0.25, 0.3) is 11.8 Å². The van der Waals surface area contributed by atoms with Crippen molar-refractivity contribution in [2.45, 2.75) is 32.7 Å². The molecule has 0 unspecified atom stereocenters. The van der Waals surface area contributed by atoms with Gasteiger partial charge in [-0.15, -0.1) is 0 Å². The van der Waals surface area contributed by atoms with Gasteiger partial charge in [-0.3, -0.25) is 9.59 Å². The third kappa shape index (κ3) is 5.04. The van der Waals surface area contributed by atoms with Crippen molar-refractivity contribution in [2.75, 3.05) is 19.7 Å². The molecule has 148 valence electrons. The Labute approximate surface area is 170 Å². The molecule has 0 spiro atoms. The summed E-state index contributed by atoms with van der Waals surface area (Å²) in [6, 6.07) is 13.0. The maximum Gasteiger partial charge on any atom is 0.258 e. The number of ether oxygens (including phenoxy) is 1. The van der Waals surface area contributed by atoms with Crippen LogP contribution in [0.15, 0.2) is 42.5 Å². The molecule has 0 bridgehead atoms. The van der Waals surface area contributed by atoms with E-state index in [9.17, 15) is 9.59 Å². The molecule has 0 saturated carbocycles. The van der Waals surface area contributed by atoms with Crippen LogP contribution in [0.25, 0.3) is 0 Å². The van der Waals surface area contributed by atoms with E-state index in [1.54, 1.807) is 23.1 Å². The summed E-state index contributed by atoms with van der Waals surface area (Å²) in [4.78, 5) is 26.6. The zero-order valence-corrected chi connectivity index (χ0v) is 17.0. The first-order valence-electron chi connectivity index (χ1n) is 9.47. The molecule has 1 aliphatic heterocycles. The number of hydrogen-bond acceptors (Lipinski definition) is 3. The van der Waals surface area contributed by atoms with E-state index in [1.807, 2.05) is 38.1 Å². The topological polar surface area (TPSA) is 58.6 Å². The van der Waals surface area contributed by atoms with Gasteiger partial charge < -0.3 is 15.0 Å². The number of benzene rings is 2. The Morgan fingerprint density at radius 3 is 2.54 bits per heavy atom. The number of carbonyl (C=O) groups is 2. The molecule has 28 heavy (non-hydrogen) atoms. The number of halogens is 1. The number of likely N-dealkylation sites (tertiary alicyclic amines) is 1. The molecule has 1 N–H and O–H groups in total. The molecular weight excluding hydrogens is 376 g/mol. The highest BCUT2D eigenvalue weighted by atomic mass is 35.5. The Morgan fingerprint density at radius 2 is 1.86 bits per heavy atom. The van der Waals surface area contributed by atoms with E-state index in [0.29, 0.717) is 36.5 Å². The zero-order chi connectivity index (χ0) is 20.1. The lowest BCUT2D eigenvalue weighted by Crippen LogP contribution is -2.47. The van der Waals surface area contributed by atoms with Gasteiger partial charge in [0, 0.05) is 19.1 Å². The van der Waals surface area contributed by atoms with Crippen LogP contribution in [0.1, 0.15) is 34.3 Å². The molecule has 1 aliphatic rings. The summed E-state index contributed by atoms with van der Waals surface area (Å²) in [5.74, 6) is 0.519.